The van der Waals surface area contributed by atoms with Crippen molar-refractivity contribution in [3.8, 4) is 0 Å². The predicted molar refractivity (Wildman–Crippen MR) is 45.9 cm³/mol. The number of rotatable bonds is 4. The van der Waals surface area contributed by atoms with Crippen LogP contribution in [-0.4, -0.2) is 0 Å². The van der Waals surface area contributed by atoms with E-state index in [0.29, 0.717) is 0 Å². The quantitative estimate of drug-likeness (QED) is 0.523. The van der Waals surface area contributed by atoms with E-state index in [9.17, 15) is 0 Å². The van der Waals surface area contributed by atoms with Gasteiger partial charge in [0.05, 0.1) is 0 Å². The third-order valence-corrected chi connectivity index (χ3v) is 2.52. The van der Waals surface area contributed by atoms with Gasteiger partial charge in [-0.1, -0.05) is 19.9 Å². The first-order valence-corrected chi connectivity index (χ1v) is 4.36. The van der Waals surface area contributed by atoms with Crippen molar-refractivity contribution in [1.29, 1.82) is 0 Å². The summed E-state index contributed by atoms with van der Waals surface area (Å²) in [6.45, 7) is 8.44. The van der Waals surface area contributed by atoms with Crippen LogP contribution in [0.25, 0.3) is 0 Å². The molecule has 1 aliphatic rings. The summed E-state index contributed by atoms with van der Waals surface area (Å²) >= 11 is 0. The Kier molecular flexibility index (Phi) is 2.53. The van der Waals surface area contributed by atoms with Crippen LogP contribution in [0.1, 0.15) is 33.1 Å². The topological polar surface area (TPSA) is 0 Å². The van der Waals surface area contributed by atoms with Gasteiger partial charge in [-0.3, -0.25) is 0 Å². The summed E-state index contributed by atoms with van der Waals surface area (Å²) in [4.78, 5) is 0. The molecule has 0 heterocycles. The highest BCUT2D eigenvalue weighted by Gasteiger charge is 2.31. The second-order valence-electron chi connectivity index (χ2n) is 3.77. The summed E-state index contributed by atoms with van der Waals surface area (Å²) in [5.41, 5.74) is 0. The Hall–Kier alpha value is -0.260. The van der Waals surface area contributed by atoms with Gasteiger partial charge in [0, 0.05) is 0 Å². The van der Waals surface area contributed by atoms with Gasteiger partial charge in [-0.2, -0.15) is 0 Å². The molecule has 1 saturated carbocycles. The van der Waals surface area contributed by atoms with Crippen LogP contribution < -0.4 is 0 Å². The van der Waals surface area contributed by atoms with Gasteiger partial charge < -0.3 is 0 Å². The predicted octanol–water partition coefficient (Wildman–Crippen LogP) is 3.24. The first-order chi connectivity index (χ1) is 4.75. The molecule has 0 amide bonds. The number of hydrogen-bond donors (Lipinski definition) is 0. The van der Waals surface area contributed by atoms with E-state index in [1.807, 2.05) is 0 Å². The molecule has 1 fully saturated rings. The molecule has 0 nitrogen and oxygen atoms in total. The molecule has 0 aliphatic heterocycles. The lowest BCUT2D eigenvalue weighted by Gasteiger charge is -2.17. The molecular weight excluding hydrogens is 120 g/mol. The fourth-order valence-electron chi connectivity index (χ4n) is 1.73. The zero-order chi connectivity index (χ0) is 7.56. The molecule has 1 aliphatic carbocycles. The van der Waals surface area contributed by atoms with Gasteiger partial charge in [0.1, 0.15) is 0 Å². The van der Waals surface area contributed by atoms with Crippen molar-refractivity contribution in [2.24, 2.45) is 17.8 Å². The minimum atomic E-state index is 0.852. The normalized spacial score (nSPS) is 21.1. The minimum Gasteiger partial charge on any atom is -0.103 e. The minimum absolute atomic E-state index is 0.852. The number of allylic oxidation sites excluding steroid dienone is 1. The van der Waals surface area contributed by atoms with Crippen LogP contribution in [0.15, 0.2) is 12.7 Å². The summed E-state index contributed by atoms with van der Waals surface area (Å²) in [6.07, 6.45) is 6.23. The molecule has 1 rings (SSSR count). The van der Waals surface area contributed by atoms with Crippen molar-refractivity contribution in [1.82, 2.24) is 0 Å². The van der Waals surface area contributed by atoms with Gasteiger partial charge in [0.15, 0.2) is 0 Å². The van der Waals surface area contributed by atoms with Gasteiger partial charge in [0.25, 0.3) is 0 Å². The Morgan fingerprint density at radius 2 is 2.10 bits per heavy atom. The summed E-state index contributed by atoms with van der Waals surface area (Å²) in [6, 6.07) is 0. The molecular formula is C10H18. The first-order valence-electron chi connectivity index (χ1n) is 4.36. The van der Waals surface area contributed by atoms with Crippen LogP contribution >= 0.6 is 0 Å². The van der Waals surface area contributed by atoms with Gasteiger partial charge >= 0.3 is 0 Å². The van der Waals surface area contributed by atoms with Crippen LogP contribution in [0.4, 0.5) is 0 Å². The molecule has 0 aromatic carbocycles. The average Bonchev–Trinajstić information content (AvgIpc) is 2.63. The molecule has 0 saturated heterocycles. The Balaban J connectivity index is 2.33. The monoisotopic (exact) mass is 138 g/mol. The van der Waals surface area contributed by atoms with Crippen LogP contribution in [-0.2, 0) is 0 Å². The smallest absolute Gasteiger partial charge is 0.0320 e. The molecule has 10 heavy (non-hydrogen) atoms. The lowest BCUT2D eigenvalue weighted by molar-refractivity contribution is 0.343. The molecule has 1 atom stereocenters. The average molecular weight is 138 g/mol. The molecule has 0 heteroatoms. The summed E-state index contributed by atoms with van der Waals surface area (Å²) in [7, 11) is 0. The number of hydrogen-bond acceptors (Lipinski definition) is 0. The van der Waals surface area contributed by atoms with Crippen molar-refractivity contribution in [3.05, 3.63) is 12.7 Å². The van der Waals surface area contributed by atoms with Crippen molar-refractivity contribution < 1.29 is 0 Å². The van der Waals surface area contributed by atoms with E-state index in [1.54, 1.807) is 0 Å². The van der Waals surface area contributed by atoms with Crippen molar-refractivity contribution in [2.75, 3.05) is 0 Å². The zero-order valence-electron chi connectivity index (χ0n) is 7.14. The molecule has 0 spiro atoms. The molecule has 0 aromatic heterocycles. The summed E-state index contributed by atoms with van der Waals surface area (Å²) < 4.78 is 0. The van der Waals surface area contributed by atoms with E-state index < -0.39 is 0 Å². The summed E-state index contributed by atoms with van der Waals surface area (Å²) in [5, 5.41) is 0. The van der Waals surface area contributed by atoms with E-state index in [4.69, 9.17) is 0 Å². The second kappa shape index (κ2) is 3.23. The Bertz CT molecular complexity index is 107. The van der Waals surface area contributed by atoms with Gasteiger partial charge in [-0.15, -0.1) is 6.58 Å². The largest absolute Gasteiger partial charge is 0.103 e. The molecule has 58 valence electrons. The highest BCUT2D eigenvalue weighted by atomic mass is 14.4. The zero-order valence-corrected chi connectivity index (χ0v) is 7.14. The maximum atomic E-state index is 3.79. The van der Waals surface area contributed by atoms with Crippen LogP contribution in [0.2, 0.25) is 0 Å². The molecule has 0 N–H and O–H groups in total. The molecule has 0 bridgehead atoms. The van der Waals surface area contributed by atoms with E-state index in [0.717, 1.165) is 17.8 Å². The van der Waals surface area contributed by atoms with Crippen LogP contribution in [0.3, 0.4) is 0 Å². The Morgan fingerprint density at radius 3 is 2.40 bits per heavy atom. The highest BCUT2D eigenvalue weighted by Crippen LogP contribution is 2.42. The molecule has 1 unspecified atom stereocenters. The van der Waals surface area contributed by atoms with Gasteiger partial charge in [0.2, 0.25) is 0 Å². The van der Waals surface area contributed by atoms with Gasteiger partial charge in [-0.05, 0) is 37.0 Å². The highest BCUT2D eigenvalue weighted by molar-refractivity contribution is 4.87. The standard InChI is InChI=1S/C10H18/c1-4-5-10(8(2)3)9-6-7-9/h4,8-10H,1,5-7H2,2-3H3. The maximum Gasteiger partial charge on any atom is -0.0320 e. The second-order valence-corrected chi connectivity index (χ2v) is 3.77. The Labute approximate surface area is 64.3 Å². The van der Waals surface area contributed by atoms with E-state index in [-0.39, 0.29) is 0 Å². The van der Waals surface area contributed by atoms with E-state index in [2.05, 4.69) is 26.5 Å². The van der Waals surface area contributed by atoms with Crippen LogP contribution in [0, 0.1) is 17.8 Å². The fraction of sp³-hybridized carbons (Fsp3) is 0.800. The maximum absolute atomic E-state index is 3.79. The van der Waals surface area contributed by atoms with E-state index in [1.165, 1.54) is 19.3 Å². The summed E-state index contributed by atoms with van der Waals surface area (Å²) in [5.74, 6) is 2.82. The van der Waals surface area contributed by atoms with Crippen LogP contribution in [0.5, 0.6) is 0 Å². The fourth-order valence-corrected chi connectivity index (χ4v) is 1.73. The molecule has 0 radical (unpaired) electrons. The third-order valence-electron chi connectivity index (χ3n) is 2.52. The van der Waals surface area contributed by atoms with Crippen molar-refractivity contribution in [3.63, 3.8) is 0 Å². The van der Waals surface area contributed by atoms with Gasteiger partial charge in [-0.25, -0.2) is 0 Å². The molecule has 0 aromatic rings. The SMILES string of the molecule is C=CCC(C(C)C)C1CC1. The van der Waals surface area contributed by atoms with Crippen molar-refractivity contribution in [2.45, 2.75) is 33.1 Å². The lowest BCUT2D eigenvalue weighted by Crippen LogP contribution is -2.09. The third kappa shape index (κ3) is 1.86. The van der Waals surface area contributed by atoms with E-state index >= 15 is 0 Å². The lowest BCUT2D eigenvalue weighted by atomic mass is 9.88. The Morgan fingerprint density at radius 1 is 1.50 bits per heavy atom. The van der Waals surface area contributed by atoms with Crippen molar-refractivity contribution >= 4 is 0 Å². The first kappa shape index (κ1) is 7.84.